The van der Waals surface area contributed by atoms with E-state index < -0.39 is 31.0 Å². The molecule has 0 fully saturated rings. The number of hydrogen-bond donors (Lipinski definition) is 5. The average molecular weight is 268 g/mol. The number of aliphatic hydroxyl groups excluding tert-OH is 5. The molecular formula is C6H12CaMgNaO6. The molecule has 0 aromatic heterocycles. The van der Waals surface area contributed by atoms with E-state index >= 15 is 0 Å². The zero-order chi connectivity index (χ0) is 9.72. The summed E-state index contributed by atoms with van der Waals surface area (Å²) < 4.78 is 0. The SMILES string of the molecule is O=C[C@H](O)[C@@H](O)[C@H](O)[C@H](O)CO.[Ca].[Mg].[Na]. The van der Waals surface area contributed by atoms with Gasteiger partial charge in [-0.2, -0.15) is 0 Å². The summed E-state index contributed by atoms with van der Waals surface area (Å²) in [5.74, 6) is 0. The van der Waals surface area contributed by atoms with Crippen LogP contribution in [0.15, 0.2) is 0 Å². The maximum absolute atomic E-state index is 9.90. The Hall–Kier alpha value is 2.50. The second-order valence-electron chi connectivity index (χ2n) is 2.36. The van der Waals surface area contributed by atoms with Crippen LogP contribution < -0.4 is 0 Å². The fraction of sp³-hybridized carbons (Fsp3) is 0.833. The average Bonchev–Trinajstić information content (AvgIpc) is 2.12. The van der Waals surface area contributed by atoms with Crippen LogP contribution in [0.25, 0.3) is 0 Å². The molecule has 5 N–H and O–H groups in total. The first-order chi connectivity index (χ1) is 5.54. The van der Waals surface area contributed by atoms with E-state index in [-0.39, 0.29) is 96.6 Å². The summed E-state index contributed by atoms with van der Waals surface area (Å²) in [6, 6.07) is 0. The third-order valence-electron chi connectivity index (χ3n) is 1.42. The Bertz CT molecular complexity index is 154. The third-order valence-corrected chi connectivity index (χ3v) is 1.42. The van der Waals surface area contributed by atoms with Gasteiger partial charge in [0.25, 0.3) is 0 Å². The normalized spacial score (nSPS) is 16.9. The molecule has 9 heteroatoms. The van der Waals surface area contributed by atoms with E-state index in [1.165, 1.54) is 0 Å². The van der Waals surface area contributed by atoms with Gasteiger partial charge in [0.15, 0.2) is 6.29 Å². The summed E-state index contributed by atoms with van der Waals surface area (Å²) in [5.41, 5.74) is 0. The Kier molecular flexibility index (Phi) is 25.4. The van der Waals surface area contributed by atoms with E-state index in [2.05, 4.69) is 0 Å². The standard InChI is InChI=1S/C6H12O6.Ca.Mg.Na/c7-1-3(9)5(11)6(12)4(10)2-8;;;/h1,3-6,8-12H,2H2;;;/t3-,4+,5+,6+;;;/m0.../s1. The van der Waals surface area contributed by atoms with E-state index in [1.807, 2.05) is 0 Å². The van der Waals surface area contributed by atoms with Gasteiger partial charge in [0.1, 0.15) is 24.4 Å². The van der Waals surface area contributed by atoms with Gasteiger partial charge in [-0.15, -0.1) is 0 Å². The van der Waals surface area contributed by atoms with E-state index in [0.717, 1.165) is 0 Å². The summed E-state index contributed by atoms with van der Waals surface area (Å²) in [6.45, 7) is -0.760. The van der Waals surface area contributed by atoms with Crippen LogP contribution in [-0.4, -0.2) is 153 Å². The van der Waals surface area contributed by atoms with E-state index in [0.29, 0.717) is 0 Å². The molecule has 0 heterocycles. The molecular weight excluding hydrogens is 255 g/mol. The fourth-order valence-electron chi connectivity index (χ4n) is 0.618. The van der Waals surface area contributed by atoms with Gasteiger partial charge in [-0.3, -0.25) is 0 Å². The number of carbonyl (C=O) groups excluding carboxylic acids is 1. The van der Waals surface area contributed by atoms with E-state index in [4.69, 9.17) is 25.5 Å². The van der Waals surface area contributed by atoms with Crippen LogP contribution in [0.2, 0.25) is 0 Å². The molecule has 4 atom stereocenters. The van der Waals surface area contributed by atoms with Crippen LogP contribution in [0.3, 0.4) is 0 Å². The first kappa shape index (κ1) is 26.1. The maximum atomic E-state index is 9.90. The van der Waals surface area contributed by atoms with Crippen LogP contribution in [0.4, 0.5) is 0 Å². The minimum atomic E-state index is -1.79. The molecule has 77 valence electrons. The summed E-state index contributed by atoms with van der Waals surface area (Å²) >= 11 is 0. The molecule has 15 heavy (non-hydrogen) atoms. The summed E-state index contributed by atoms with van der Waals surface area (Å²) in [5, 5.41) is 43.5. The van der Waals surface area contributed by atoms with Gasteiger partial charge in [-0.1, -0.05) is 0 Å². The minimum Gasteiger partial charge on any atom is -0.394 e. The molecule has 0 spiro atoms. The minimum absolute atomic E-state index is 0. The Morgan fingerprint density at radius 1 is 1.07 bits per heavy atom. The molecule has 0 saturated heterocycles. The van der Waals surface area contributed by atoms with Gasteiger partial charge in [-0.05, 0) is 0 Å². The Morgan fingerprint density at radius 3 is 1.73 bits per heavy atom. The van der Waals surface area contributed by atoms with Crippen LogP contribution in [0, 0.1) is 0 Å². The fourth-order valence-corrected chi connectivity index (χ4v) is 0.618. The van der Waals surface area contributed by atoms with Crippen LogP contribution in [0.5, 0.6) is 0 Å². The molecule has 0 aromatic carbocycles. The molecule has 0 aliphatic rings. The van der Waals surface area contributed by atoms with Crippen LogP contribution in [0.1, 0.15) is 0 Å². The van der Waals surface area contributed by atoms with Crippen molar-refractivity contribution in [3.63, 3.8) is 0 Å². The van der Waals surface area contributed by atoms with Gasteiger partial charge in [0.2, 0.25) is 0 Å². The van der Waals surface area contributed by atoms with Crippen molar-refractivity contribution in [2.45, 2.75) is 24.4 Å². The second-order valence-corrected chi connectivity index (χ2v) is 2.36. The quantitative estimate of drug-likeness (QED) is 0.253. The number of carbonyl (C=O) groups is 1. The van der Waals surface area contributed by atoms with Gasteiger partial charge in [-0.25, -0.2) is 0 Å². The summed E-state index contributed by atoms with van der Waals surface area (Å²) in [6.07, 6.45) is -6.84. The first-order valence-electron chi connectivity index (χ1n) is 3.33. The number of hydrogen-bond acceptors (Lipinski definition) is 6. The van der Waals surface area contributed by atoms with Gasteiger partial charge in [0, 0.05) is 90.3 Å². The van der Waals surface area contributed by atoms with Gasteiger partial charge >= 0.3 is 0 Å². The molecule has 6 nitrogen and oxygen atoms in total. The van der Waals surface area contributed by atoms with Crippen molar-refractivity contribution in [1.29, 1.82) is 0 Å². The predicted molar refractivity (Wildman–Crippen MR) is 54.4 cm³/mol. The van der Waals surface area contributed by atoms with Crippen molar-refractivity contribution in [3.05, 3.63) is 0 Å². The molecule has 0 unspecified atom stereocenters. The first-order valence-corrected chi connectivity index (χ1v) is 3.33. The molecule has 0 rings (SSSR count). The molecule has 5 radical (unpaired) electrons. The van der Waals surface area contributed by atoms with Crippen molar-refractivity contribution < 1.29 is 30.3 Å². The predicted octanol–water partition coefficient (Wildman–Crippen LogP) is -4.52. The van der Waals surface area contributed by atoms with E-state index in [9.17, 15) is 4.79 Å². The third kappa shape index (κ3) is 10.1. The largest absolute Gasteiger partial charge is 0.394 e. The maximum Gasteiger partial charge on any atom is 0.151 e. The van der Waals surface area contributed by atoms with Gasteiger partial charge < -0.3 is 30.3 Å². The van der Waals surface area contributed by atoms with Crippen molar-refractivity contribution in [3.8, 4) is 0 Å². The summed E-state index contributed by atoms with van der Waals surface area (Å²) in [4.78, 5) is 9.90. The molecule has 0 aliphatic carbocycles. The molecule has 0 bridgehead atoms. The molecule has 0 aliphatic heterocycles. The number of rotatable bonds is 5. The number of aliphatic hydroxyl groups is 5. The molecule has 0 aromatic rings. The second kappa shape index (κ2) is 14.6. The van der Waals surface area contributed by atoms with Crippen LogP contribution in [-0.2, 0) is 4.79 Å². The van der Waals surface area contributed by atoms with Gasteiger partial charge in [0.05, 0.1) is 6.61 Å². The van der Waals surface area contributed by atoms with Crippen molar-refractivity contribution in [2.75, 3.05) is 6.61 Å². The topological polar surface area (TPSA) is 118 Å². The summed E-state index contributed by atoms with van der Waals surface area (Å²) in [7, 11) is 0. The van der Waals surface area contributed by atoms with E-state index in [1.54, 1.807) is 0 Å². The monoisotopic (exact) mass is 267 g/mol. The zero-order valence-electron chi connectivity index (χ0n) is 8.65. The Balaban J connectivity index is -0.000000202. The molecule has 0 amide bonds. The Labute approximate surface area is 155 Å². The van der Waals surface area contributed by atoms with Crippen molar-refractivity contribution in [2.24, 2.45) is 0 Å². The van der Waals surface area contributed by atoms with Crippen molar-refractivity contribution >= 4 is 96.6 Å². The zero-order valence-corrected chi connectivity index (χ0v) is 14.3. The van der Waals surface area contributed by atoms with Crippen LogP contribution >= 0.6 is 0 Å². The smallest absolute Gasteiger partial charge is 0.151 e. The van der Waals surface area contributed by atoms with Crippen molar-refractivity contribution in [1.82, 2.24) is 0 Å². The Morgan fingerprint density at radius 2 is 1.47 bits per heavy atom. The number of aldehydes is 1. The molecule has 0 saturated carbocycles.